The summed E-state index contributed by atoms with van der Waals surface area (Å²) in [4.78, 5) is 11.2. The molecule has 0 bridgehead atoms. The van der Waals surface area contributed by atoms with Gasteiger partial charge in [-0.3, -0.25) is 0 Å². The second kappa shape index (κ2) is 6.10. The van der Waals surface area contributed by atoms with Crippen molar-refractivity contribution in [1.29, 1.82) is 0 Å². The van der Waals surface area contributed by atoms with E-state index < -0.39 is 12.0 Å². The zero-order valence-corrected chi connectivity index (χ0v) is 10.3. The summed E-state index contributed by atoms with van der Waals surface area (Å²) in [7, 11) is 0. The Morgan fingerprint density at radius 2 is 1.61 bits per heavy atom. The number of carboxylic acids is 1. The highest BCUT2D eigenvalue weighted by atomic mass is 16.4. The first-order chi connectivity index (χ1) is 8.77. The second-order valence-electron chi connectivity index (χ2n) is 4.40. The van der Waals surface area contributed by atoms with Gasteiger partial charge >= 0.3 is 5.97 Å². The van der Waals surface area contributed by atoms with Gasteiger partial charge < -0.3 is 14.2 Å². The van der Waals surface area contributed by atoms with Gasteiger partial charge in [-0.25, -0.2) is 4.79 Å². The molecule has 96 valence electrons. The molecule has 0 aliphatic heterocycles. The first-order valence-electron chi connectivity index (χ1n) is 6.23. The molecule has 1 unspecified atom stereocenters. The Balaban J connectivity index is 1.78. The molecule has 18 heavy (non-hydrogen) atoms. The number of hydrogen-bond donors (Lipinski definition) is 1. The van der Waals surface area contributed by atoms with Gasteiger partial charge in [0.1, 0.15) is 6.04 Å². The Morgan fingerprint density at radius 3 is 2.22 bits per heavy atom. The number of carboxylic acid groups (broad SMARTS) is 1. The third kappa shape index (κ3) is 3.26. The Kier molecular flexibility index (Phi) is 4.23. The van der Waals surface area contributed by atoms with Crippen molar-refractivity contribution in [3.63, 3.8) is 0 Å². The molecule has 4 nitrogen and oxygen atoms in total. The van der Waals surface area contributed by atoms with Crippen LogP contribution in [0.25, 0.3) is 0 Å². The van der Waals surface area contributed by atoms with Crippen molar-refractivity contribution in [2.45, 2.75) is 31.8 Å². The molecule has 0 saturated carbocycles. The lowest BCUT2D eigenvalue weighted by Gasteiger charge is -2.14. The van der Waals surface area contributed by atoms with Crippen LogP contribution in [0.4, 0.5) is 0 Å². The van der Waals surface area contributed by atoms with E-state index in [4.69, 9.17) is 0 Å². The normalized spacial score (nSPS) is 12.4. The summed E-state index contributed by atoms with van der Waals surface area (Å²) < 4.78 is 3.88. The highest BCUT2D eigenvalue weighted by molar-refractivity contribution is 5.71. The standard InChI is InChI=1S/C14H18N2O2/c17-14(18)13(16-11-5-6-12-16)7-1-2-8-15-9-3-4-10-15/h3-6,9-13H,1-2,7-8H2,(H,17,18). The Hall–Kier alpha value is -1.97. The quantitative estimate of drug-likeness (QED) is 0.764. The predicted octanol–water partition coefficient (Wildman–Crippen LogP) is 2.79. The predicted molar refractivity (Wildman–Crippen MR) is 69.4 cm³/mol. The summed E-state index contributed by atoms with van der Waals surface area (Å²) in [5.74, 6) is -0.757. The maximum Gasteiger partial charge on any atom is 0.326 e. The van der Waals surface area contributed by atoms with Gasteiger partial charge in [0.05, 0.1) is 0 Å². The summed E-state index contributed by atoms with van der Waals surface area (Å²) in [6.45, 7) is 0.949. The van der Waals surface area contributed by atoms with Gasteiger partial charge in [0.2, 0.25) is 0 Å². The van der Waals surface area contributed by atoms with E-state index in [9.17, 15) is 9.90 Å². The first kappa shape index (κ1) is 12.5. The SMILES string of the molecule is O=C(O)C(CCCCn1cccc1)n1cccc1. The number of aliphatic carboxylic acids is 1. The summed E-state index contributed by atoms with van der Waals surface area (Å²) in [6, 6.07) is 7.27. The topological polar surface area (TPSA) is 47.2 Å². The maximum atomic E-state index is 11.2. The van der Waals surface area contributed by atoms with Gasteiger partial charge in [0.15, 0.2) is 0 Å². The molecule has 0 amide bonds. The van der Waals surface area contributed by atoms with Crippen molar-refractivity contribution in [2.24, 2.45) is 0 Å². The van der Waals surface area contributed by atoms with Crippen LogP contribution in [-0.2, 0) is 11.3 Å². The number of rotatable bonds is 7. The van der Waals surface area contributed by atoms with Crippen molar-refractivity contribution < 1.29 is 9.90 Å². The fourth-order valence-corrected chi connectivity index (χ4v) is 2.11. The van der Waals surface area contributed by atoms with Gasteiger partial charge in [0.25, 0.3) is 0 Å². The van der Waals surface area contributed by atoms with Crippen LogP contribution in [0.2, 0.25) is 0 Å². The van der Waals surface area contributed by atoms with Crippen molar-refractivity contribution >= 4 is 5.97 Å². The van der Waals surface area contributed by atoms with Crippen LogP contribution in [0, 0.1) is 0 Å². The van der Waals surface area contributed by atoms with E-state index in [1.54, 1.807) is 4.57 Å². The lowest BCUT2D eigenvalue weighted by Crippen LogP contribution is -2.17. The van der Waals surface area contributed by atoms with E-state index in [-0.39, 0.29) is 0 Å². The molecule has 0 spiro atoms. The fraction of sp³-hybridized carbons (Fsp3) is 0.357. The monoisotopic (exact) mass is 246 g/mol. The Bertz CT molecular complexity index is 460. The number of carbonyl (C=O) groups is 1. The Labute approximate surface area is 106 Å². The molecule has 0 aliphatic rings. The van der Waals surface area contributed by atoms with E-state index >= 15 is 0 Å². The first-order valence-corrected chi connectivity index (χ1v) is 6.23. The van der Waals surface area contributed by atoms with Crippen molar-refractivity contribution in [1.82, 2.24) is 9.13 Å². The summed E-state index contributed by atoms with van der Waals surface area (Å²) in [5, 5.41) is 9.20. The second-order valence-corrected chi connectivity index (χ2v) is 4.40. The summed E-state index contributed by atoms with van der Waals surface area (Å²) in [5.41, 5.74) is 0. The Morgan fingerprint density at radius 1 is 1.00 bits per heavy atom. The average Bonchev–Trinajstić information content (AvgIpc) is 3.00. The van der Waals surface area contributed by atoms with E-state index in [1.807, 2.05) is 49.1 Å². The van der Waals surface area contributed by atoms with Gasteiger partial charge in [-0.1, -0.05) is 0 Å². The molecule has 2 rings (SSSR count). The smallest absolute Gasteiger partial charge is 0.326 e. The minimum absolute atomic E-state index is 0.440. The van der Waals surface area contributed by atoms with E-state index in [2.05, 4.69) is 4.57 Å². The molecular weight excluding hydrogens is 228 g/mol. The molecule has 0 saturated heterocycles. The number of nitrogens with zero attached hydrogens (tertiary/aromatic N) is 2. The molecule has 2 heterocycles. The molecule has 0 aromatic carbocycles. The third-order valence-electron chi connectivity index (χ3n) is 3.08. The summed E-state index contributed by atoms with van der Waals surface area (Å²) >= 11 is 0. The molecular formula is C14H18N2O2. The van der Waals surface area contributed by atoms with Crippen LogP contribution in [0.5, 0.6) is 0 Å². The zero-order valence-electron chi connectivity index (χ0n) is 10.3. The molecule has 1 atom stereocenters. The largest absolute Gasteiger partial charge is 0.480 e. The third-order valence-corrected chi connectivity index (χ3v) is 3.08. The molecule has 2 aromatic rings. The molecule has 2 aromatic heterocycles. The average molecular weight is 246 g/mol. The van der Waals surface area contributed by atoms with Crippen LogP contribution in [0.3, 0.4) is 0 Å². The minimum Gasteiger partial charge on any atom is -0.480 e. The van der Waals surface area contributed by atoms with Gasteiger partial charge in [0, 0.05) is 31.3 Å². The zero-order chi connectivity index (χ0) is 12.8. The number of aromatic nitrogens is 2. The summed E-state index contributed by atoms with van der Waals surface area (Å²) in [6.07, 6.45) is 10.3. The molecule has 1 N–H and O–H groups in total. The van der Waals surface area contributed by atoms with Crippen LogP contribution in [0.1, 0.15) is 25.3 Å². The van der Waals surface area contributed by atoms with Crippen molar-refractivity contribution in [3.05, 3.63) is 49.1 Å². The van der Waals surface area contributed by atoms with Gasteiger partial charge in [-0.05, 0) is 43.5 Å². The van der Waals surface area contributed by atoms with Gasteiger partial charge in [-0.15, -0.1) is 0 Å². The number of hydrogen-bond acceptors (Lipinski definition) is 1. The molecule has 0 aliphatic carbocycles. The highest BCUT2D eigenvalue weighted by Crippen LogP contribution is 2.16. The van der Waals surface area contributed by atoms with Crippen LogP contribution in [-0.4, -0.2) is 20.2 Å². The van der Waals surface area contributed by atoms with Gasteiger partial charge in [-0.2, -0.15) is 0 Å². The van der Waals surface area contributed by atoms with Crippen molar-refractivity contribution in [3.8, 4) is 0 Å². The maximum absolute atomic E-state index is 11.2. The highest BCUT2D eigenvalue weighted by Gasteiger charge is 2.17. The molecule has 0 fully saturated rings. The number of aryl methyl sites for hydroxylation is 1. The van der Waals surface area contributed by atoms with E-state index in [0.717, 1.165) is 19.4 Å². The minimum atomic E-state index is -0.757. The lowest BCUT2D eigenvalue weighted by atomic mass is 10.1. The van der Waals surface area contributed by atoms with E-state index in [0.29, 0.717) is 6.42 Å². The van der Waals surface area contributed by atoms with Crippen LogP contribution >= 0.6 is 0 Å². The lowest BCUT2D eigenvalue weighted by molar-refractivity contribution is -0.141. The fourth-order valence-electron chi connectivity index (χ4n) is 2.11. The van der Waals surface area contributed by atoms with Crippen LogP contribution < -0.4 is 0 Å². The number of unbranched alkanes of at least 4 members (excludes halogenated alkanes) is 1. The molecule has 0 radical (unpaired) electrons. The van der Waals surface area contributed by atoms with Crippen LogP contribution in [0.15, 0.2) is 49.1 Å². The molecule has 4 heteroatoms. The van der Waals surface area contributed by atoms with E-state index in [1.165, 1.54) is 0 Å². The van der Waals surface area contributed by atoms with Crippen molar-refractivity contribution in [2.75, 3.05) is 0 Å².